The third kappa shape index (κ3) is 3.38. The van der Waals surface area contributed by atoms with Crippen LogP contribution in [-0.4, -0.2) is 46.6 Å². The lowest BCUT2D eigenvalue weighted by atomic mass is 9.97. The number of phosphoric ester groups is 1. The summed E-state index contributed by atoms with van der Waals surface area (Å²) in [6, 6.07) is 0. The number of anilines is 1. The molecular weight excluding hydrogens is 401 g/mol. The molecule has 5 atom stereocenters. The second-order valence-corrected chi connectivity index (χ2v) is 7.85. The smallest absolute Gasteiger partial charge is 0.381 e. The Morgan fingerprint density at radius 1 is 1.48 bits per heavy atom. The first kappa shape index (κ1) is 20.2. The summed E-state index contributed by atoms with van der Waals surface area (Å²) in [7, 11) is -4.36. The number of ether oxygens (including phenoxy) is 1. The quantitative estimate of drug-likeness (QED) is 0.583. The van der Waals surface area contributed by atoms with Crippen LogP contribution in [0.2, 0.25) is 0 Å². The highest BCUT2D eigenvalue weighted by atomic mass is 31.2. The zero-order valence-corrected chi connectivity index (χ0v) is 14.9. The molecule has 3 heterocycles. The van der Waals surface area contributed by atoms with Crippen LogP contribution in [0.3, 0.4) is 0 Å². The third-order valence-corrected chi connectivity index (χ3v) is 5.60. The van der Waals surface area contributed by atoms with Crippen molar-refractivity contribution < 1.29 is 40.4 Å². The molecule has 0 amide bonds. The molecule has 1 aromatic rings. The number of halogens is 4. The van der Waals surface area contributed by atoms with Crippen molar-refractivity contribution in [1.29, 1.82) is 0 Å². The Bertz CT molecular complexity index is 839. The molecule has 9 nitrogen and oxygen atoms in total. The maximum absolute atomic E-state index is 15.0. The molecule has 0 radical (unpaired) electrons. The molecule has 2 aliphatic heterocycles. The van der Waals surface area contributed by atoms with Gasteiger partial charge in [0, 0.05) is 0 Å². The van der Waals surface area contributed by atoms with Crippen molar-refractivity contribution in [2.24, 2.45) is 0 Å². The normalized spacial score (nSPS) is 36.4. The summed E-state index contributed by atoms with van der Waals surface area (Å²) in [4.78, 5) is 15.0. The van der Waals surface area contributed by atoms with Gasteiger partial charge in [-0.1, -0.05) is 0 Å². The second kappa shape index (κ2) is 6.82. The number of rotatable bonds is 4. The van der Waals surface area contributed by atoms with E-state index in [1.807, 2.05) is 0 Å². The van der Waals surface area contributed by atoms with Gasteiger partial charge in [-0.05, 0) is 13.8 Å². The minimum absolute atomic E-state index is 0.330. The molecule has 0 aliphatic carbocycles. The molecule has 2 aliphatic rings. The molecular formula is C13H16F4N3O6P. The van der Waals surface area contributed by atoms with Crippen molar-refractivity contribution in [3.63, 3.8) is 0 Å². The maximum Gasteiger partial charge on any atom is 0.475 e. The van der Waals surface area contributed by atoms with E-state index in [0.29, 0.717) is 10.8 Å². The van der Waals surface area contributed by atoms with Gasteiger partial charge in [-0.15, -0.1) is 0 Å². The lowest BCUT2D eigenvalue weighted by Gasteiger charge is -2.39. The number of alkyl halides is 3. The number of hydrogen-bond donors (Lipinski definition) is 1. The van der Waals surface area contributed by atoms with Crippen molar-refractivity contribution in [2.45, 2.75) is 50.5 Å². The van der Waals surface area contributed by atoms with Crippen molar-refractivity contribution >= 4 is 13.6 Å². The average Bonchev–Trinajstić information content (AvgIpc) is 2.84. The highest BCUT2D eigenvalue weighted by molar-refractivity contribution is 7.48. The topological polar surface area (TPSA) is 115 Å². The minimum atomic E-state index is -4.36. The number of hydrogen-bond acceptors (Lipinski definition) is 8. The zero-order valence-electron chi connectivity index (χ0n) is 14.1. The molecule has 1 unspecified atom stereocenters. The Hall–Kier alpha value is -1.53. The van der Waals surface area contributed by atoms with Gasteiger partial charge in [0.25, 0.3) is 6.43 Å². The highest BCUT2D eigenvalue weighted by Crippen LogP contribution is 2.61. The standard InChI is InChI=1S/C13H16F4N3O6P/c1-5(2)25-27(22)23-4-13(11(16)17)8(26-27)7(15)10(24-13)20-3-6(14)9(18)19-12(20)21/h3,5,7-8,10-11H,4H2,1-2H3,(H2,18,19,21)/t7-,8+,10-,13-,27?/m0/s1. The van der Waals surface area contributed by atoms with Crippen molar-refractivity contribution in [3.8, 4) is 0 Å². The zero-order chi connectivity index (χ0) is 20.1. The van der Waals surface area contributed by atoms with E-state index in [2.05, 4.69) is 4.98 Å². The predicted molar refractivity (Wildman–Crippen MR) is 81.3 cm³/mol. The summed E-state index contributed by atoms with van der Waals surface area (Å²) in [5.41, 5.74) is 1.23. The number of nitrogen functional groups attached to an aromatic ring is 1. The van der Waals surface area contributed by atoms with E-state index >= 15 is 0 Å². The molecule has 0 saturated carbocycles. The van der Waals surface area contributed by atoms with Crippen LogP contribution in [0, 0.1) is 5.82 Å². The van der Waals surface area contributed by atoms with Crippen LogP contribution in [0.15, 0.2) is 11.0 Å². The summed E-state index contributed by atoms with van der Waals surface area (Å²) in [5, 5.41) is 0. The average molecular weight is 417 g/mol. The van der Waals surface area contributed by atoms with Gasteiger partial charge in [0.15, 0.2) is 29.6 Å². The van der Waals surface area contributed by atoms with Crippen LogP contribution in [0.25, 0.3) is 0 Å². The van der Waals surface area contributed by atoms with E-state index in [4.69, 9.17) is 24.0 Å². The maximum atomic E-state index is 15.0. The number of nitrogens with two attached hydrogens (primary N) is 1. The molecule has 14 heteroatoms. The fourth-order valence-corrected chi connectivity index (χ4v) is 4.41. The first-order valence-electron chi connectivity index (χ1n) is 7.74. The van der Waals surface area contributed by atoms with E-state index in [-0.39, 0.29) is 0 Å². The Labute approximate surface area is 150 Å². The number of phosphoric acid groups is 1. The lowest BCUT2D eigenvalue weighted by Crippen LogP contribution is -2.55. The van der Waals surface area contributed by atoms with Gasteiger partial charge in [0.1, 0.15) is 6.10 Å². The second-order valence-electron chi connectivity index (χ2n) is 6.27. The van der Waals surface area contributed by atoms with Crippen LogP contribution in [0.1, 0.15) is 20.1 Å². The first-order valence-corrected chi connectivity index (χ1v) is 9.21. The van der Waals surface area contributed by atoms with Crippen LogP contribution in [0.4, 0.5) is 23.4 Å². The summed E-state index contributed by atoms with van der Waals surface area (Å²) in [6.07, 6.45) is -10.1. The Kier molecular flexibility index (Phi) is 5.10. The van der Waals surface area contributed by atoms with Gasteiger partial charge in [-0.25, -0.2) is 26.9 Å². The number of aromatic nitrogens is 2. The largest absolute Gasteiger partial charge is 0.475 e. The van der Waals surface area contributed by atoms with Crippen molar-refractivity contribution in [2.75, 3.05) is 12.3 Å². The molecule has 0 aromatic carbocycles. The predicted octanol–water partition coefficient (Wildman–Crippen LogP) is 1.78. The van der Waals surface area contributed by atoms with Gasteiger partial charge in [-0.2, -0.15) is 4.98 Å². The molecule has 2 fully saturated rings. The molecule has 1 aromatic heterocycles. The molecule has 2 saturated heterocycles. The van der Waals surface area contributed by atoms with E-state index in [1.54, 1.807) is 0 Å². The minimum Gasteiger partial charge on any atom is -0.381 e. The number of fused-ring (bicyclic) bond motifs is 1. The fraction of sp³-hybridized carbons (Fsp3) is 0.692. The van der Waals surface area contributed by atoms with Gasteiger partial charge < -0.3 is 10.5 Å². The summed E-state index contributed by atoms with van der Waals surface area (Å²) in [5.74, 6) is -1.93. The molecule has 0 spiro atoms. The lowest BCUT2D eigenvalue weighted by molar-refractivity contribution is -0.208. The summed E-state index contributed by atoms with van der Waals surface area (Å²) >= 11 is 0. The van der Waals surface area contributed by atoms with Crippen molar-refractivity contribution in [3.05, 3.63) is 22.5 Å². The van der Waals surface area contributed by atoms with Crippen LogP contribution in [-0.2, 0) is 22.9 Å². The molecule has 27 heavy (non-hydrogen) atoms. The molecule has 0 bridgehead atoms. The van der Waals surface area contributed by atoms with Crippen LogP contribution in [0.5, 0.6) is 0 Å². The SMILES string of the molecule is CC(C)OP1(=O)OC[C@]2(C(F)F)O[C@H](n3cc(F)c(N)nc3=O)[C@@H](F)[C@H]2O1. The first-order chi connectivity index (χ1) is 12.5. The van der Waals surface area contributed by atoms with Gasteiger partial charge in [0.05, 0.1) is 18.9 Å². The molecule has 3 rings (SSSR count). The van der Waals surface area contributed by atoms with E-state index in [1.165, 1.54) is 13.8 Å². The van der Waals surface area contributed by atoms with Gasteiger partial charge in [-0.3, -0.25) is 18.1 Å². The summed E-state index contributed by atoms with van der Waals surface area (Å²) < 4.78 is 88.5. The molecule has 2 N–H and O–H groups in total. The Balaban J connectivity index is 2.00. The van der Waals surface area contributed by atoms with Gasteiger partial charge >= 0.3 is 13.5 Å². The highest BCUT2D eigenvalue weighted by Gasteiger charge is 2.68. The molecule has 152 valence electrons. The van der Waals surface area contributed by atoms with Crippen LogP contribution < -0.4 is 11.4 Å². The van der Waals surface area contributed by atoms with E-state index in [9.17, 15) is 26.9 Å². The third-order valence-electron chi connectivity index (χ3n) is 3.99. The number of nitrogens with zero attached hydrogens (tertiary/aromatic N) is 2. The monoisotopic (exact) mass is 417 g/mol. The Morgan fingerprint density at radius 3 is 2.74 bits per heavy atom. The van der Waals surface area contributed by atoms with Gasteiger partial charge in [0.2, 0.25) is 0 Å². The summed E-state index contributed by atoms with van der Waals surface area (Å²) in [6.45, 7) is 1.92. The Morgan fingerprint density at radius 2 is 2.15 bits per heavy atom. The van der Waals surface area contributed by atoms with E-state index in [0.717, 1.165) is 0 Å². The van der Waals surface area contributed by atoms with Crippen LogP contribution >= 0.6 is 7.82 Å². The fourth-order valence-electron chi connectivity index (χ4n) is 2.79. The van der Waals surface area contributed by atoms with E-state index < -0.39 is 68.4 Å². The van der Waals surface area contributed by atoms with Crippen molar-refractivity contribution in [1.82, 2.24) is 9.55 Å².